The van der Waals surface area contributed by atoms with Crippen LogP contribution in [0.25, 0.3) is 31.3 Å². The molecule has 0 amide bonds. The van der Waals surface area contributed by atoms with Crippen molar-refractivity contribution in [3.63, 3.8) is 0 Å². The number of hydrogen-bond donors (Lipinski definition) is 1. The van der Waals surface area contributed by atoms with E-state index in [1.54, 1.807) is 30.3 Å². The Kier molecular flexibility index (Phi) is 5.27. The van der Waals surface area contributed by atoms with Gasteiger partial charge in [0.1, 0.15) is 5.75 Å². The van der Waals surface area contributed by atoms with E-state index in [1.807, 2.05) is 12.1 Å². The second-order valence-electron chi connectivity index (χ2n) is 6.53. The minimum absolute atomic E-state index is 0.220. The molecule has 142 valence electrons. The number of phenols is 1. The Bertz CT molecular complexity index is 1270. The number of carbonyl (C=O) groups excluding carboxylic acids is 1. The van der Waals surface area contributed by atoms with Crippen molar-refractivity contribution in [1.29, 1.82) is 0 Å². The second kappa shape index (κ2) is 8.17. The average molecular weight is 398 g/mol. The molecule has 0 radical (unpaired) electrons. The van der Waals surface area contributed by atoms with Gasteiger partial charge < -0.3 is 15.0 Å². The summed E-state index contributed by atoms with van der Waals surface area (Å²) >= 11 is 1.28. The largest absolute Gasteiger partial charge is 0.545 e. The number of carbonyl (C=O) groups is 1. The van der Waals surface area contributed by atoms with Crippen molar-refractivity contribution in [3.05, 3.63) is 103 Å². The van der Waals surface area contributed by atoms with Crippen molar-refractivity contribution in [3.8, 4) is 16.9 Å². The van der Waals surface area contributed by atoms with Crippen LogP contribution in [0.3, 0.4) is 0 Å². The van der Waals surface area contributed by atoms with Crippen LogP contribution in [0.1, 0.15) is 10.4 Å². The maximum Gasteiger partial charge on any atom is 0.180 e. The average Bonchev–Trinajstić information content (AvgIpc) is 3.14. The molecule has 0 unspecified atom stereocenters. The van der Waals surface area contributed by atoms with Crippen molar-refractivity contribution in [2.75, 3.05) is 0 Å². The van der Waals surface area contributed by atoms with Gasteiger partial charge in [0.05, 0.1) is 11.4 Å². The molecule has 4 heteroatoms. The second-order valence-corrected chi connectivity index (χ2v) is 7.72. The first-order valence-corrected chi connectivity index (χ1v) is 10.0. The lowest BCUT2D eigenvalue weighted by Crippen LogP contribution is -2.21. The number of thiophene rings is 1. The van der Waals surface area contributed by atoms with Crippen LogP contribution in [0.4, 0.5) is 0 Å². The molecule has 4 aromatic carbocycles. The van der Waals surface area contributed by atoms with Crippen LogP contribution in [-0.4, -0.2) is 11.1 Å². The minimum Gasteiger partial charge on any atom is -0.545 e. The van der Waals surface area contributed by atoms with Gasteiger partial charge in [-0.05, 0) is 58.4 Å². The Balaban J connectivity index is 0.000000192. The summed E-state index contributed by atoms with van der Waals surface area (Å²) in [6.07, 6.45) is 0. The summed E-state index contributed by atoms with van der Waals surface area (Å²) in [4.78, 5) is 10.1. The summed E-state index contributed by atoms with van der Waals surface area (Å²) in [5.74, 6) is -0.824. The lowest BCUT2D eigenvalue weighted by molar-refractivity contribution is -0.255. The zero-order valence-electron chi connectivity index (χ0n) is 15.4. The summed E-state index contributed by atoms with van der Waals surface area (Å²) in [5.41, 5.74) is 2.60. The topological polar surface area (TPSA) is 60.4 Å². The molecule has 0 bridgehead atoms. The normalized spacial score (nSPS) is 10.5. The molecule has 0 fully saturated rings. The van der Waals surface area contributed by atoms with Gasteiger partial charge in [-0.25, -0.2) is 0 Å². The third-order valence-electron chi connectivity index (χ3n) is 4.64. The predicted molar refractivity (Wildman–Crippen MR) is 119 cm³/mol. The van der Waals surface area contributed by atoms with Crippen LogP contribution in [0.2, 0.25) is 0 Å². The van der Waals surface area contributed by atoms with Crippen LogP contribution in [0, 0.1) is 0 Å². The molecule has 1 N–H and O–H groups in total. The van der Waals surface area contributed by atoms with Crippen LogP contribution >= 0.6 is 11.3 Å². The van der Waals surface area contributed by atoms with Crippen molar-refractivity contribution in [1.82, 2.24) is 0 Å². The monoisotopic (exact) mass is 398 g/mol. The lowest BCUT2D eigenvalue weighted by Gasteiger charge is -2.03. The molecule has 0 aliphatic carbocycles. The van der Waals surface area contributed by atoms with E-state index < -0.39 is 5.97 Å². The number of aromatic carboxylic acids is 1. The molecular formula is C25H18O3S. The van der Waals surface area contributed by atoms with Gasteiger partial charge in [-0.3, -0.25) is 0 Å². The Morgan fingerprint density at radius 3 is 2.07 bits per heavy atom. The molecule has 0 saturated heterocycles. The Labute approximate surface area is 172 Å². The lowest BCUT2D eigenvalue weighted by atomic mass is 9.99. The van der Waals surface area contributed by atoms with E-state index in [1.165, 1.54) is 49.2 Å². The van der Waals surface area contributed by atoms with Gasteiger partial charge in [-0.15, -0.1) is 0 Å². The summed E-state index contributed by atoms with van der Waals surface area (Å²) in [7, 11) is 0. The van der Waals surface area contributed by atoms with Crippen LogP contribution in [0.15, 0.2) is 97.1 Å². The Morgan fingerprint density at radius 1 is 0.724 bits per heavy atom. The quantitative estimate of drug-likeness (QED) is 0.415. The van der Waals surface area contributed by atoms with E-state index in [2.05, 4.69) is 42.5 Å². The number of carboxylic acid groups (broad SMARTS) is 1. The molecular weight excluding hydrogens is 380 g/mol. The Morgan fingerprint density at radius 2 is 1.38 bits per heavy atom. The fourth-order valence-electron chi connectivity index (χ4n) is 3.28. The van der Waals surface area contributed by atoms with E-state index in [4.69, 9.17) is 0 Å². The maximum absolute atomic E-state index is 10.1. The highest BCUT2D eigenvalue weighted by Gasteiger charge is 2.15. The first kappa shape index (κ1) is 18.7. The molecule has 1 aromatic heterocycles. The zero-order valence-corrected chi connectivity index (χ0v) is 16.3. The molecule has 5 rings (SSSR count). The van der Waals surface area contributed by atoms with Gasteiger partial charge in [-0.2, -0.15) is 0 Å². The van der Waals surface area contributed by atoms with Crippen molar-refractivity contribution >= 4 is 37.5 Å². The van der Waals surface area contributed by atoms with Crippen molar-refractivity contribution in [2.45, 2.75) is 0 Å². The molecule has 29 heavy (non-hydrogen) atoms. The van der Waals surface area contributed by atoms with Crippen LogP contribution < -0.4 is 5.11 Å². The van der Waals surface area contributed by atoms with E-state index >= 15 is 0 Å². The first-order chi connectivity index (χ1) is 14.1. The van der Waals surface area contributed by atoms with Gasteiger partial charge in [0.2, 0.25) is 0 Å². The highest BCUT2D eigenvalue weighted by atomic mass is 32.1. The summed E-state index contributed by atoms with van der Waals surface area (Å²) in [5, 5.41) is 22.2. The summed E-state index contributed by atoms with van der Waals surface area (Å²) in [6.45, 7) is 0. The molecule has 0 atom stereocenters. The third kappa shape index (κ3) is 3.98. The van der Waals surface area contributed by atoms with Gasteiger partial charge in [0, 0.05) is 5.39 Å². The van der Waals surface area contributed by atoms with Gasteiger partial charge >= 0.3 is 0 Å². The molecule has 3 nitrogen and oxygen atoms in total. The number of carboxylic acids is 1. The number of aromatic hydroxyl groups is 1. The van der Waals surface area contributed by atoms with Gasteiger partial charge in [-0.1, -0.05) is 66.7 Å². The molecule has 0 saturated carbocycles. The van der Waals surface area contributed by atoms with E-state index in [0.29, 0.717) is 5.75 Å². The zero-order chi connectivity index (χ0) is 20.2. The highest BCUT2D eigenvalue weighted by Crippen LogP contribution is 2.39. The predicted octanol–water partition coefficient (Wildman–Crippen LogP) is 5.21. The number of fused-ring (bicyclic) bond motifs is 3. The van der Waals surface area contributed by atoms with E-state index in [0.717, 1.165) is 5.56 Å². The number of hydrogen-bond acceptors (Lipinski definition) is 3. The Hall–Kier alpha value is -3.63. The molecule has 0 aliphatic heterocycles. The summed E-state index contributed by atoms with van der Waals surface area (Å²) in [6, 6.07) is 30.5. The number of benzene rings is 4. The summed E-state index contributed by atoms with van der Waals surface area (Å²) < 4.78 is 2.73. The van der Waals surface area contributed by atoms with Crippen LogP contribution in [-0.2, 0) is 0 Å². The molecule has 5 aromatic rings. The standard InChI is InChI=1S/C18H12OS.C7H6O2/c19-13-10-8-12(9-11-13)14-5-3-7-17-18(14)15-4-1-2-6-16(15)20-17;8-7(9)6-4-2-1-3-5-6/h1-11,19H;1-5H,(H,8,9). The smallest absolute Gasteiger partial charge is 0.180 e. The third-order valence-corrected chi connectivity index (χ3v) is 5.89. The minimum atomic E-state index is -1.13. The molecule has 1 heterocycles. The SMILES string of the molecule is O=C([O-])c1ccccc1.Oc1ccc(-c2cccc3[sH+]c4ccccc4c23)cc1. The first-order valence-electron chi connectivity index (χ1n) is 9.13. The van der Waals surface area contributed by atoms with E-state index in [-0.39, 0.29) is 5.56 Å². The number of rotatable bonds is 2. The molecule has 0 aliphatic rings. The number of phenolic OH excluding ortho intramolecular Hbond substituents is 1. The van der Waals surface area contributed by atoms with E-state index in [9.17, 15) is 15.0 Å². The van der Waals surface area contributed by atoms with Crippen LogP contribution in [0.5, 0.6) is 5.75 Å². The highest BCUT2D eigenvalue weighted by molar-refractivity contribution is 7.25. The fourth-order valence-corrected chi connectivity index (χ4v) is 4.52. The van der Waals surface area contributed by atoms with Crippen molar-refractivity contribution in [2.24, 2.45) is 0 Å². The fraction of sp³-hybridized carbons (Fsp3) is 0. The van der Waals surface area contributed by atoms with Gasteiger partial charge in [0.15, 0.2) is 9.40 Å². The van der Waals surface area contributed by atoms with Crippen molar-refractivity contribution < 1.29 is 15.0 Å². The molecule has 0 spiro atoms. The maximum atomic E-state index is 10.1. The van der Waals surface area contributed by atoms with Gasteiger partial charge in [0.25, 0.3) is 0 Å².